The van der Waals surface area contributed by atoms with E-state index in [9.17, 15) is 15.0 Å². The molecule has 0 fully saturated rings. The average Bonchev–Trinajstić information content (AvgIpc) is 2.47. The highest BCUT2D eigenvalue weighted by molar-refractivity contribution is 5.76. The second-order valence-corrected chi connectivity index (χ2v) is 4.68. The molecule has 0 heterocycles. The number of aliphatic hydroxyl groups is 1. The second kappa shape index (κ2) is 5.24. The van der Waals surface area contributed by atoms with Gasteiger partial charge in [-0.15, -0.1) is 0 Å². The predicted molar refractivity (Wildman–Crippen MR) is 73.0 cm³/mol. The first kappa shape index (κ1) is 13.3. The number of carbonyl (C=O) groups is 1. The summed E-state index contributed by atoms with van der Waals surface area (Å²) in [6.07, 6.45) is -1.50. The Morgan fingerprint density at radius 3 is 1.63 bits per heavy atom. The van der Waals surface area contributed by atoms with Crippen LogP contribution >= 0.6 is 0 Å². The van der Waals surface area contributed by atoms with Crippen molar-refractivity contribution in [2.24, 2.45) is 0 Å². The van der Waals surface area contributed by atoms with Crippen LogP contribution in [0.1, 0.15) is 18.1 Å². The van der Waals surface area contributed by atoms with Crippen molar-refractivity contribution in [3.63, 3.8) is 0 Å². The Morgan fingerprint density at radius 2 is 1.32 bits per heavy atom. The summed E-state index contributed by atoms with van der Waals surface area (Å²) in [5.74, 6) is -1.23. The van der Waals surface area contributed by atoms with Gasteiger partial charge in [-0.05, 0) is 18.1 Å². The first-order valence-corrected chi connectivity index (χ1v) is 6.08. The number of rotatable bonds is 4. The summed E-state index contributed by atoms with van der Waals surface area (Å²) in [5, 5.41) is 19.3. The van der Waals surface area contributed by atoms with E-state index in [1.807, 2.05) is 60.7 Å². The van der Waals surface area contributed by atoms with E-state index in [0.717, 1.165) is 11.1 Å². The van der Waals surface area contributed by atoms with Gasteiger partial charge < -0.3 is 10.2 Å². The first-order chi connectivity index (χ1) is 9.06. The molecule has 0 aliphatic carbocycles. The lowest BCUT2D eigenvalue weighted by Crippen LogP contribution is -2.43. The maximum atomic E-state index is 11.2. The van der Waals surface area contributed by atoms with E-state index in [1.165, 1.54) is 0 Å². The van der Waals surface area contributed by atoms with Gasteiger partial charge in [0.1, 0.15) is 0 Å². The standard InChI is InChI=1S/C16H16O3/c1-16(14(17)15(18)19,12-8-4-2-5-9-12)13-10-6-3-7-11-13/h2-11,14,17H,1H3,(H,18,19)/t14-/m1/s1. The molecule has 3 heteroatoms. The minimum Gasteiger partial charge on any atom is -0.479 e. The highest BCUT2D eigenvalue weighted by Gasteiger charge is 2.40. The third-order valence-electron chi connectivity index (χ3n) is 3.53. The molecule has 2 N–H and O–H groups in total. The number of carboxylic acid groups (broad SMARTS) is 1. The molecule has 0 bridgehead atoms. The minimum absolute atomic E-state index is 0.774. The molecule has 0 aromatic heterocycles. The van der Waals surface area contributed by atoms with Gasteiger partial charge in [-0.25, -0.2) is 4.79 Å². The molecule has 0 aliphatic rings. The van der Waals surface area contributed by atoms with Crippen molar-refractivity contribution in [1.82, 2.24) is 0 Å². The fourth-order valence-corrected chi connectivity index (χ4v) is 2.30. The van der Waals surface area contributed by atoms with Crippen LogP contribution in [0.5, 0.6) is 0 Å². The number of aliphatic hydroxyl groups excluding tert-OH is 1. The zero-order valence-corrected chi connectivity index (χ0v) is 10.7. The quantitative estimate of drug-likeness (QED) is 0.883. The third kappa shape index (κ3) is 2.37. The van der Waals surface area contributed by atoms with Crippen LogP contribution in [0, 0.1) is 0 Å². The van der Waals surface area contributed by atoms with E-state index in [0.29, 0.717) is 0 Å². The van der Waals surface area contributed by atoms with Gasteiger partial charge >= 0.3 is 5.97 Å². The van der Waals surface area contributed by atoms with E-state index in [1.54, 1.807) is 6.92 Å². The molecule has 2 rings (SSSR count). The van der Waals surface area contributed by atoms with Crippen LogP contribution in [0.4, 0.5) is 0 Å². The molecule has 0 saturated heterocycles. The molecule has 0 unspecified atom stereocenters. The molecule has 0 spiro atoms. The number of hydrogen-bond acceptors (Lipinski definition) is 2. The van der Waals surface area contributed by atoms with E-state index >= 15 is 0 Å². The Bertz CT molecular complexity index is 509. The third-order valence-corrected chi connectivity index (χ3v) is 3.53. The topological polar surface area (TPSA) is 57.5 Å². The van der Waals surface area contributed by atoms with E-state index < -0.39 is 17.5 Å². The molecule has 98 valence electrons. The Hall–Kier alpha value is -2.13. The van der Waals surface area contributed by atoms with Crippen molar-refractivity contribution in [2.75, 3.05) is 0 Å². The van der Waals surface area contributed by atoms with Gasteiger partial charge in [0.05, 0.1) is 5.41 Å². The maximum absolute atomic E-state index is 11.2. The lowest BCUT2D eigenvalue weighted by atomic mass is 9.72. The van der Waals surface area contributed by atoms with Gasteiger partial charge in [0, 0.05) is 0 Å². The summed E-state index contributed by atoms with van der Waals surface area (Å²) in [7, 11) is 0. The molecular formula is C16H16O3. The van der Waals surface area contributed by atoms with Crippen molar-refractivity contribution >= 4 is 5.97 Å². The molecule has 1 atom stereocenters. The van der Waals surface area contributed by atoms with Crippen molar-refractivity contribution in [3.8, 4) is 0 Å². The second-order valence-electron chi connectivity index (χ2n) is 4.68. The molecule has 19 heavy (non-hydrogen) atoms. The lowest BCUT2D eigenvalue weighted by molar-refractivity contribution is -0.149. The van der Waals surface area contributed by atoms with Crippen molar-refractivity contribution in [1.29, 1.82) is 0 Å². The summed E-state index contributed by atoms with van der Waals surface area (Å²) in [5.41, 5.74) is 0.571. The fraction of sp³-hybridized carbons (Fsp3) is 0.188. The zero-order chi connectivity index (χ0) is 13.9. The van der Waals surface area contributed by atoms with Crippen molar-refractivity contribution < 1.29 is 15.0 Å². The lowest BCUT2D eigenvalue weighted by Gasteiger charge is -2.33. The van der Waals surface area contributed by atoms with Crippen LogP contribution in [0.3, 0.4) is 0 Å². The minimum atomic E-state index is -1.50. The van der Waals surface area contributed by atoms with Gasteiger partial charge in [0.25, 0.3) is 0 Å². The van der Waals surface area contributed by atoms with Crippen LogP contribution in [0.25, 0.3) is 0 Å². The average molecular weight is 256 g/mol. The Labute approximate surface area is 112 Å². The fourth-order valence-electron chi connectivity index (χ4n) is 2.30. The van der Waals surface area contributed by atoms with Gasteiger partial charge in [-0.1, -0.05) is 60.7 Å². The van der Waals surface area contributed by atoms with Gasteiger partial charge in [-0.2, -0.15) is 0 Å². The summed E-state index contributed by atoms with van der Waals surface area (Å²) in [6.45, 7) is 1.75. The highest BCUT2D eigenvalue weighted by atomic mass is 16.4. The number of hydrogen-bond donors (Lipinski definition) is 2. The number of carboxylic acids is 1. The van der Waals surface area contributed by atoms with Crippen LogP contribution in [-0.2, 0) is 10.2 Å². The largest absolute Gasteiger partial charge is 0.479 e. The van der Waals surface area contributed by atoms with Crippen LogP contribution in [0.15, 0.2) is 60.7 Å². The molecule has 0 aliphatic heterocycles. The van der Waals surface area contributed by atoms with E-state index in [4.69, 9.17) is 0 Å². The predicted octanol–water partition coefficient (Wildman–Crippen LogP) is 2.44. The monoisotopic (exact) mass is 256 g/mol. The van der Waals surface area contributed by atoms with Crippen LogP contribution in [0.2, 0.25) is 0 Å². The van der Waals surface area contributed by atoms with Gasteiger partial charge in [0.2, 0.25) is 0 Å². The smallest absolute Gasteiger partial charge is 0.333 e. The molecule has 0 saturated carbocycles. The van der Waals surface area contributed by atoms with E-state index in [-0.39, 0.29) is 0 Å². The Morgan fingerprint density at radius 1 is 0.947 bits per heavy atom. The van der Waals surface area contributed by atoms with Crippen LogP contribution in [-0.4, -0.2) is 22.3 Å². The van der Waals surface area contributed by atoms with Crippen molar-refractivity contribution in [2.45, 2.75) is 18.4 Å². The number of aliphatic carboxylic acids is 1. The zero-order valence-electron chi connectivity index (χ0n) is 10.7. The number of benzene rings is 2. The normalized spacial score (nSPS) is 12.9. The molecular weight excluding hydrogens is 240 g/mol. The maximum Gasteiger partial charge on any atom is 0.333 e. The highest BCUT2D eigenvalue weighted by Crippen LogP contribution is 2.35. The molecule has 2 aromatic carbocycles. The SMILES string of the molecule is CC(c1ccccc1)(c1ccccc1)[C@H](O)C(=O)O. The summed E-state index contributed by atoms with van der Waals surface area (Å²) in [6, 6.07) is 18.4. The molecule has 3 nitrogen and oxygen atoms in total. The Kier molecular flexibility index (Phi) is 3.67. The molecule has 0 amide bonds. The molecule has 2 aromatic rings. The summed E-state index contributed by atoms with van der Waals surface area (Å²) >= 11 is 0. The van der Waals surface area contributed by atoms with Crippen LogP contribution < -0.4 is 0 Å². The first-order valence-electron chi connectivity index (χ1n) is 6.08. The van der Waals surface area contributed by atoms with Gasteiger partial charge in [-0.3, -0.25) is 0 Å². The van der Waals surface area contributed by atoms with Crippen molar-refractivity contribution in [3.05, 3.63) is 71.8 Å². The molecule has 0 radical (unpaired) electrons. The Balaban J connectivity index is 2.61. The summed E-state index contributed by atoms with van der Waals surface area (Å²) < 4.78 is 0. The summed E-state index contributed by atoms with van der Waals surface area (Å²) in [4.78, 5) is 11.2. The van der Waals surface area contributed by atoms with E-state index in [2.05, 4.69) is 0 Å². The van der Waals surface area contributed by atoms with Gasteiger partial charge in [0.15, 0.2) is 6.10 Å².